The fourth-order valence-electron chi connectivity index (χ4n) is 2.33. The summed E-state index contributed by atoms with van der Waals surface area (Å²) in [5, 5.41) is 7.65. The van der Waals surface area contributed by atoms with Crippen LogP contribution < -0.4 is 5.32 Å². The zero-order valence-corrected chi connectivity index (χ0v) is 13.9. The Morgan fingerprint density at radius 3 is 2.81 bits per heavy atom. The maximum atomic E-state index is 12.1. The van der Waals surface area contributed by atoms with Crippen LogP contribution >= 0.6 is 11.3 Å². The van der Waals surface area contributed by atoms with Crippen molar-refractivity contribution in [2.75, 3.05) is 20.2 Å². The monoisotopic (exact) mass is 312 g/mol. The number of rotatable bonds is 4. The van der Waals surface area contributed by atoms with Crippen molar-refractivity contribution in [2.45, 2.75) is 45.1 Å². The van der Waals surface area contributed by atoms with Gasteiger partial charge in [0.1, 0.15) is 5.60 Å². The van der Waals surface area contributed by atoms with Crippen LogP contribution in [0, 0.1) is 0 Å². The van der Waals surface area contributed by atoms with Crippen molar-refractivity contribution < 1.29 is 14.3 Å². The van der Waals surface area contributed by atoms with E-state index in [0.29, 0.717) is 13.1 Å². The van der Waals surface area contributed by atoms with Gasteiger partial charge in [0.25, 0.3) is 0 Å². The zero-order valence-electron chi connectivity index (χ0n) is 13.1. The lowest BCUT2D eigenvalue weighted by atomic mass is 10.2. The normalized spacial score (nSPS) is 22.6. The van der Waals surface area contributed by atoms with Gasteiger partial charge in [-0.1, -0.05) is 0 Å². The van der Waals surface area contributed by atoms with Crippen molar-refractivity contribution >= 4 is 17.4 Å². The number of nitrogens with zero attached hydrogens (tertiary/aromatic N) is 1. The summed E-state index contributed by atoms with van der Waals surface area (Å²) in [6.45, 7) is 7.59. The van der Waals surface area contributed by atoms with E-state index in [-0.39, 0.29) is 18.2 Å². The number of nitrogens with one attached hydrogen (secondary N) is 1. The summed E-state index contributed by atoms with van der Waals surface area (Å²) in [7, 11) is 1.68. The summed E-state index contributed by atoms with van der Waals surface area (Å²) in [5.74, 6) is 0. The van der Waals surface area contributed by atoms with Crippen LogP contribution in [0.15, 0.2) is 16.8 Å². The second-order valence-corrected chi connectivity index (χ2v) is 7.06. The molecule has 1 aromatic rings. The van der Waals surface area contributed by atoms with E-state index in [2.05, 4.69) is 22.1 Å². The highest BCUT2D eigenvalue weighted by atomic mass is 32.1. The molecule has 1 saturated heterocycles. The Hall–Kier alpha value is -1.11. The van der Waals surface area contributed by atoms with Gasteiger partial charge in [0.05, 0.1) is 18.7 Å². The van der Waals surface area contributed by atoms with E-state index in [9.17, 15) is 4.79 Å². The third-order valence-electron chi connectivity index (χ3n) is 3.37. The third-order valence-corrected chi connectivity index (χ3v) is 4.10. The van der Waals surface area contributed by atoms with Crippen LogP contribution in [0.5, 0.6) is 0 Å². The van der Waals surface area contributed by atoms with E-state index in [0.717, 1.165) is 6.54 Å². The number of likely N-dealkylation sites (tertiary alicyclic amines) is 1. The lowest BCUT2D eigenvalue weighted by Crippen LogP contribution is -2.40. The van der Waals surface area contributed by atoms with Gasteiger partial charge >= 0.3 is 6.09 Å². The Balaban J connectivity index is 1.89. The Morgan fingerprint density at radius 2 is 2.24 bits per heavy atom. The van der Waals surface area contributed by atoms with Crippen LogP contribution in [0.1, 0.15) is 26.3 Å². The van der Waals surface area contributed by atoms with Gasteiger partial charge in [-0.05, 0) is 43.2 Å². The maximum absolute atomic E-state index is 12.1. The molecular weight excluding hydrogens is 288 g/mol. The molecule has 2 rings (SSSR count). The molecule has 2 heterocycles. The Kier molecular flexibility index (Phi) is 5.24. The average molecular weight is 312 g/mol. The predicted octanol–water partition coefficient (Wildman–Crippen LogP) is 2.47. The smallest absolute Gasteiger partial charge is 0.410 e. The molecule has 1 unspecified atom stereocenters. The van der Waals surface area contributed by atoms with E-state index in [1.165, 1.54) is 5.56 Å². The summed E-state index contributed by atoms with van der Waals surface area (Å²) < 4.78 is 10.9. The van der Waals surface area contributed by atoms with Gasteiger partial charge in [0, 0.05) is 20.2 Å². The van der Waals surface area contributed by atoms with Crippen LogP contribution in [-0.2, 0) is 16.0 Å². The summed E-state index contributed by atoms with van der Waals surface area (Å²) in [6.07, 6.45) is -0.277. The molecule has 6 heteroatoms. The average Bonchev–Trinajstić information content (AvgIpc) is 3.03. The van der Waals surface area contributed by atoms with E-state index in [1.807, 2.05) is 20.8 Å². The van der Waals surface area contributed by atoms with Gasteiger partial charge in [-0.3, -0.25) is 0 Å². The molecular formula is C15H24N2O3S. The maximum Gasteiger partial charge on any atom is 0.410 e. The van der Waals surface area contributed by atoms with Gasteiger partial charge in [0.15, 0.2) is 0 Å². The highest BCUT2D eigenvalue weighted by Gasteiger charge is 2.37. The first-order valence-corrected chi connectivity index (χ1v) is 8.08. The van der Waals surface area contributed by atoms with Gasteiger partial charge in [-0.2, -0.15) is 11.3 Å². The number of hydrogen-bond acceptors (Lipinski definition) is 5. The number of carbonyl (C=O) groups excluding carboxylic acids is 1. The summed E-state index contributed by atoms with van der Waals surface area (Å²) in [5.41, 5.74) is 0.785. The largest absolute Gasteiger partial charge is 0.444 e. The number of hydrogen-bond donors (Lipinski definition) is 1. The number of methoxy groups -OCH3 is 1. The van der Waals surface area contributed by atoms with Crippen LogP contribution in [-0.4, -0.2) is 48.9 Å². The molecule has 1 fully saturated rings. The second-order valence-electron chi connectivity index (χ2n) is 6.28. The van der Waals surface area contributed by atoms with Crippen molar-refractivity contribution in [2.24, 2.45) is 0 Å². The molecule has 0 aliphatic carbocycles. The molecule has 5 nitrogen and oxygen atoms in total. The number of thiophene rings is 1. The minimum Gasteiger partial charge on any atom is -0.444 e. The lowest BCUT2D eigenvalue weighted by molar-refractivity contribution is 0.0252. The van der Waals surface area contributed by atoms with Gasteiger partial charge in [-0.25, -0.2) is 4.79 Å². The minimum atomic E-state index is -0.470. The summed E-state index contributed by atoms with van der Waals surface area (Å²) in [4.78, 5) is 13.8. The molecule has 1 aromatic heterocycles. The predicted molar refractivity (Wildman–Crippen MR) is 83.6 cm³/mol. The first-order valence-electron chi connectivity index (χ1n) is 7.14. The number of amides is 1. The van der Waals surface area contributed by atoms with E-state index >= 15 is 0 Å². The topological polar surface area (TPSA) is 50.8 Å². The van der Waals surface area contributed by atoms with Crippen LogP contribution in [0.4, 0.5) is 4.79 Å². The van der Waals surface area contributed by atoms with Crippen LogP contribution in [0.3, 0.4) is 0 Å². The van der Waals surface area contributed by atoms with Crippen molar-refractivity contribution in [1.82, 2.24) is 10.2 Å². The molecule has 0 bridgehead atoms. The van der Waals surface area contributed by atoms with Gasteiger partial charge < -0.3 is 19.7 Å². The molecule has 1 aliphatic heterocycles. The third kappa shape index (κ3) is 4.69. The highest BCUT2D eigenvalue weighted by molar-refractivity contribution is 7.07. The Morgan fingerprint density at radius 1 is 1.48 bits per heavy atom. The molecule has 2 atom stereocenters. The van der Waals surface area contributed by atoms with Gasteiger partial charge in [-0.15, -0.1) is 0 Å². The quantitative estimate of drug-likeness (QED) is 0.928. The van der Waals surface area contributed by atoms with E-state index < -0.39 is 5.60 Å². The SMILES string of the molecule is CO[C@H]1CN(C(=O)OC(C)(C)C)CC1NCc1ccsc1. The van der Waals surface area contributed by atoms with Crippen LogP contribution in [0.25, 0.3) is 0 Å². The highest BCUT2D eigenvalue weighted by Crippen LogP contribution is 2.18. The van der Waals surface area contributed by atoms with Crippen molar-refractivity contribution in [1.29, 1.82) is 0 Å². The Labute approximate surface area is 130 Å². The molecule has 0 saturated carbocycles. The van der Waals surface area contributed by atoms with E-state index in [1.54, 1.807) is 23.3 Å². The van der Waals surface area contributed by atoms with Gasteiger partial charge in [0.2, 0.25) is 0 Å². The van der Waals surface area contributed by atoms with Crippen LogP contribution in [0.2, 0.25) is 0 Å². The number of carbonyl (C=O) groups is 1. The molecule has 0 aromatic carbocycles. The first kappa shape index (κ1) is 16.3. The number of ether oxygens (including phenoxy) is 2. The second kappa shape index (κ2) is 6.77. The molecule has 0 spiro atoms. The standard InChI is InChI=1S/C15H24N2O3S/c1-15(2,3)20-14(18)17-8-12(13(9-17)19-4)16-7-11-5-6-21-10-11/h5-6,10,12-13,16H,7-9H2,1-4H3/t12?,13-/m0/s1. The first-order chi connectivity index (χ1) is 9.89. The van der Waals surface area contributed by atoms with Crippen molar-refractivity contribution in [3.63, 3.8) is 0 Å². The Bertz CT molecular complexity index is 456. The molecule has 118 valence electrons. The fourth-order valence-corrected chi connectivity index (χ4v) is 3.00. The minimum absolute atomic E-state index is 0.00356. The molecule has 0 radical (unpaired) electrons. The van der Waals surface area contributed by atoms with Crippen molar-refractivity contribution in [3.8, 4) is 0 Å². The van der Waals surface area contributed by atoms with Crippen molar-refractivity contribution in [3.05, 3.63) is 22.4 Å². The summed E-state index contributed by atoms with van der Waals surface area (Å²) >= 11 is 1.68. The van der Waals surface area contributed by atoms with E-state index in [4.69, 9.17) is 9.47 Å². The molecule has 21 heavy (non-hydrogen) atoms. The molecule has 1 N–H and O–H groups in total. The zero-order chi connectivity index (χ0) is 15.5. The molecule has 1 amide bonds. The fraction of sp³-hybridized carbons (Fsp3) is 0.667. The molecule has 1 aliphatic rings. The lowest BCUT2D eigenvalue weighted by Gasteiger charge is -2.24. The summed E-state index contributed by atoms with van der Waals surface area (Å²) in [6, 6.07) is 2.22.